The van der Waals surface area contributed by atoms with Gasteiger partial charge in [0.25, 0.3) is 0 Å². The Morgan fingerprint density at radius 2 is 2.05 bits per heavy atom. The van der Waals surface area contributed by atoms with E-state index in [0.29, 0.717) is 5.52 Å². The number of nitrogens with one attached hydrogen (secondary N) is 1. The van der Waals surface area contributed by atoms with Crippen LogP contribution in [-0.4, -0.2) is 11.5 Å². The molecule has 2 rings (SSSR count). The van der Waals surface area contributed by atoms with Gasteiger partial charge in [0.1, 0.15) is 11.3 Å². The predicted octanol–water partition coefficient (Wildman–Crippen LogP) is 4.80. The fourth-order valence-corrected chi connectivity index (χ4v) is 2.23. The zero-order valence-corrected chi connectivity index (χ0v) is 12.0. The Balaban J connectivity index is 2.55. The van der Waals surface area contributed by atoms with Crippen molar-refractivity contribution in [3.05, 3.63) is 34.6 Å². The average molecular weight is 281 g/mol. The van der Waals surface area contributed by atoms with Gasteiger partial charge in [-0.2, -0.15) is 0 Å². The molecule has 1 heterocycles. The number of fused-ring (bicyclic) bond motifs is 1. The molecule has 0 saturated carbocycles. The minimum absolute atomic E-state index is 0.115. The van der Waals surface area contributed by atoms with Gasteiger partial charge in [-0.1, -0.05) is 37.9 Å². The van der Waals surface area contributed by atoms with Crippen LogP contribution >= 0.6 is 11.6 Å². The number of benzene rings is 1. The summed E-state index contributed by atoms with van der Waals surface area (Å²) in [5, 5.41) is 4.18. The molecule has 1 N–H and O–H groups in total. The second-order valence-corrected chi connectivity index (χ2v) is 5.01. The minimum atomic E-state index is -0.443. The maximum Gasteiger partial charge on any atom is 0.168 e. The number of anilines is 1. The van der Waals surface area contributed by atoms with Crippen LogP contribution in [0.25, 0.3) is 10.9 Å². The Morgan fingerprint density at radius 3 is 2.74 bits per heavy atom. The lowest BCUT2D eigenvalue weighted by Crippen LogP contribution is -2.06. The first-order chi connectivity index (χ1) is 9.17. The Labute approximate surface area is 118 Å². The first-order valence-electron chi connectivity index (χ1n) is 6.68. The molecule has 0 aliphatic carbocycles. The zero-order chi connectivity index (χ0) is 13.8. The molecule has 0 atom stereocenters. The summed E-state index contributed by atoms with van der Waals surface area (Å²) in [6.45, 7) is 5.04. The molecule has 1 aromatic carbocycles. The molecule has 1 aromatic heterocycles. The highest BCUT2D eigenvalue weighted by molar-refractivity contribution is 6.31. The van der Waals surface area contributed by atoms with E-state index in [9.17, 15) is 4.39 Å². The van der Waals surface area contributed by atoms with Crippen LogP contribution in [0.3, 0.4) is 0 Å². The molecule has 19 heavy (non-hydrogen) atoms. The third kappa shape index (κ3) is 2.98. The fraction of sp³-hybridized carbons (Fsp3) is 0.400. The summed E-state index contributed by atoms with van der Waals surface area (Å²) in [5.41, 5.74) is 1.47. The molecular formula is C15H18ClFN2. The second kappa shape index (κ2) is 6.20. The number of nitrogens with zero attached hydrogens (tertiary/aromatic N) is 1. The Morgan fingerprint density at radius 1 is 1.26 bits per heavy atom. The summed E-state index contributed by atoms with van der Waals surface area (Å²) < 4.78 is 14.0. The van der Waals surface area contributed by atoms with E-state index in [1.54, 1.807) is 6.07 Å². The summed E-state index contributed by atoms with van der Waals surface area (Å²) in [6, 6.07) is 5.40. The van der Waals surface area contributed by atoms with Crippen molar-refractivity contribution in [2.45, 2.75) is 33.1 Å². The molecule has 0 amide bonds. The summed E-state index contributed by atoms with van der Waals surface area (Å²) >= 11 is 5.81. The molecule has 2 nitrogen and oxygen atoms in total. The van der Waals surface area contributed by atoms with E-state index >= 15 is 0 Å². The largest absolute Gasteiger partial charge is 0.370 e. The van der Waals surface area contributed by atoms with Crippen LogP contribution in [0.5, 0.6) is 0 Å². The highest BCUT2D eigenvalue weighted by Gasteiger charge is 2.11. The predicted molar refractivity (Wildman–Crippen MR) is 79.5 cm³/mol. The van der Waals surface area contributed by atoms with E-state index in [-0.39, 0.29) is 5.02 Å². The summed E-state index contributed by atoms with van der Waals surface area (Å²) in [7, 11) is 0. The van der Waals surface area contributed by atoms with Crippen molar-refractivity contribution in [1.29, 1.82) is 0 Å². The minimum Gasteiger partial charge on any atom is -0.370 e. The first-order valence-corrected chi connectivity index (χ1v) is 7.06. The van der Waals surface area contributed by atoms with Crippen molar-refractivity contribution in [2.24, 2.45) is 0 Å². The van der Waals surface area contributed by atoms with Crippen LogP contribution in [0, 0.1) is 5.82 Å². The van der Waals surface area contributed by atoms with E-state index in [2.05, 4.69) is 24.1 Å². The van der Waals surface area contributed by atoms with Crippen molar-refractivity contribution in [2.75, 3.05) is 11.9 Å². The monoisotopic (exact) mass is 280 g/mol. The van der Waals surface area contributed by atoms with E-state index in [0.717, 1.165) is 42.6 Å². The van der Waals surface area contributed by atoms with Crippen LogP contribution in [-0.2, 0) is 6.42 Å². The third-order valence-electron chi connectivity index (χ3n) is 3.02. The van der Waals surface area contributed by atoms with Crippen molar-refractivity contribution in [1.82, 2.24) is 4.98 Å². The summed E-state index contributed by atoms with van der Waals surface area (Å²) in [5.74, 6) is 0.333. The lowest BCUT2D eigenvalue weighted by atomic mass is 10.1. The number of aryl methyl sites for hydroxylation is 1. The van der Waals surface area contributed by atoms with Crippen LogP contribution in [0.4, 0.5) is 10.2 Å². The molecule has 0 unspecified atom stereocenters. The second-order valence-electron chi connectivity index (χ2n) is 4.61. The number of hydrogen-bond acceptors (Lipinski definition) is 2. The number of aromatic nitrogens is 1. The molecular weight excluding hydrogens is 263 g/mol. The molecule has 0 aliphatic rings. The molecule has 0 saturated heterocycles. The molecule has 0 fully saturated rings. The highest BCUT2D eigenvalue weighted by atomic mass is 35.5. The van der Waals surface area contributed by atoms with Crippen molar-refractivity contribution in [3.63, 3.8) is 0 Å². The summed E-state index contributed by atoms with van der Waals surface area (Å²) in [6.07, 6.45) is 2.96. The fourth-order valence-electron chi connectivity index (χ4n) is 2.08. The molecule has 0 aliphatic heterocycles. The average Bonchev–Trinajstić information content (AvgIpc) is 2.41. The third-order valence-corrected chi connectivity index (χ3v) is 3.31. The lowest BCUT2D eigenvalue weighted by Gasteiger charge is -2.12. The molecule has 102 valence electrons. The molecule has 0 bridgehead atoms. The van der Waals surface area contributed by atoms with Gasteiger partial charge in [0.15, 0.2) is 5.82 Å². The number of hydrogen-bond donors (Lipinski definition) is 1. The van der Waals surface area contributed by atoms with E-state index in [1.807, 2.05) is 12.1 Å². The van der Waals surface area contributed by atoms with Crippen LogP contribution in [0.2, 0.25) is 5.02 Å². The van der Waals surface area contributed by atoms with Gasteiger partial charge < -0.3 is 5.32 Å². The maximum absolute atomic E-state index is 14.0. The van der Waals surface area contributed by atoms with Gasteiger partial charge in [-0.3, -0.25) is 0 Å². The van der Waals surface area contributed by atoms with Gasteiger partial charge >= 0.3 is 0 Å². The van der Waals surface area contributed by atoms with E-state index in [1.165, 1.54) is 0 Å². The molecule has 0 spiro atoms. The van der Waals surface area contributed by atoms with Gasteiger partial charge in [0, 0.05) is 11.9 Å². The smallest absolute Gasteiger partial charge is 0.168 e. The van der Waals surface area contributed by atoms with Crippen molar-refractivity contribution >= 4 is 28.3 Å². The van der Waals surface area contributed by atoms with Gasteiger partial charge in [0.2, 0.25) is 0 Å². The quantitative estimate of drug-likeness (QED) is 0.851. The summed E-state index contributed by atoms with van der Waals surface area (Å²) in [4.78, 5) is 4.42. The number of pyridine rings is 1. The van der Waals surface area contributed by atoms with Gasteiger partial charge in [0.05, 0.1) is 5.02 Å². The Kier molecular flexibility index (Phi) is 4.59. The number of halogens is 2. The van der Waals surface area contributed by atoms with E-state index < -0.39 is 5.82 Å². The van der Waals surface area contributed by atoms with Crippen LogP contribution < -0.4 is 5.32 Å². The van der Waals surface area contributed by atoms with Crippen LogP contribution in [0.15, 0.2) is 18.2 Å². The lowest BCUT2D eigenvalue weighted by molar-refractivity contribution is 0.637. The zero-order valence-electron chi connectivity index (χ0n) is 11.3. The maximum atomic E-state index is 14.0. The molecule has 0 radical (unpaired) electrons. The van der Waals surface area contributed by atoms with Crippen LogP contribution in [0.1, 0.15) is 32.3 Å². The van der Waals surface area contributed by atoms with Crippen molar-refractivity contribution < 1.29 is 4.39 Å². The topological polar surface area (TPSA) is 24.9 Å². The normalized spacial score (nSPS) is 10.9. The van der Waals surface area contributed by atoms with Gasteiger partial charge in [-0.05, 0) is 30.5 Å². The van der Waals surface area contributed by atoms with E-state index in [4.69, 9.17) is 11.6 Å². The van der Waals surface area contributed by atoms with Gasteiger partial charge in [-0.15, -0.1) is 0 Å². The Hall–Kier alpha value is -1.35. The standard InChI is InChI=1S/C15H18ClFN2/c1-3-5-11-9-10-6-7-12(16)13(17)14(10)19-15(11)18-8-4-2/h6-7,9H,3-5,8H2,1-2H3,(H,18,19). The molecule has 4 heteroatoms. The van der Waals surface area contributed by atoms with Gasteiger partial charge in [-0.25, -0.2) is 9.37 Å². The first kappa shape index (κ1) is 14.1. The number of rotatable bonds is 5. The highest BCUT2D eigenvalue weighted by Crippen LogP contribution is 2.27. The SMILES string of the molecule is CCCNc1nc2c(F)c(Cl)ccc2cc1CCC. The molecule has 2 aromatic rings. The Bertz CT molecular complexity index is 584. The van der Waals surface area contributed by atoms with Crippen molar-refractivity contribution in [3.8, 4) is 0 Å².